The minimum atomic E-state index is -4.98. The zero-order chi connectivity index (χ0) is 21.5. The highest BCUT2D eigenvalue weighted by molar-refractivity contribution is 5.97. The fourth-order valence-corrected chi connectivity index (χ4v) is 1.82. The Morgan fingerprint density at radius 1 is 1.25 bits per heavy atom. The van der Waals surface area contributed by atoms with Crippen LogP contribution in [0.15, 0.2) is 30.4 Å². The molecule has 0 spiro atoms. The first-order valence-corrected chi connectivity index (χ1v) is 7.67. The number of ether oxygens (including phenoxy) is 2. The number of carbonyl (C=O) groups excluding carboxylic acids is 3. The van der Waals surface area contributed by atoms with Crippen molar-refractivity contribution in [3.8, 4) is 0 Å². The first-order valence-electron chi connectivity index (χ1n) is 7.67. The molecule has 0 aliphatic heterocycles. The van der Waals surface area contributed by atoms with Gasteiger partial charge in [-0.05, 0) is 19.9 Å². The molecule has 12 heteroatoms. The number of anilines is 1. The second-order valence-corrected chi connectivity index (χ2v) is 5.14. The number of nitro benzene ring substituents is 1. The third-order valence-corrected chi connectivity index (χ3v) is 3.08. The van der Waals surface area contributed by atoms with Gasteiger partial charge in [0.05, 0.1) is 22.8 Å². The third kappa shape index (κ3) is 6.70. The molecule has 0 fully saturated rings. The van der Waals surface area contributed by atoms with Crippen molar-refractivity contribution in [3.05, 3.63) is 46.0 Å². The van der Waals surface area contributed by atoms with Crippen LogP contribution in [0.2, 0.25) is 0 Å². The number of hydrogen-bond donors (Lipinski definition) is 1. The van der Waals surface area contributed by atoms with Crippen LogP contribution in [0, 0.1) is 10.1 Å². The number of nitrogens with zero attached hydrogens (tertiary/aromatic N) is 1. The normalized spacial score (nSPS) is 12.3. The Hall–Kier alpha value is -3.44. The van der Waals surface area contributed by atoms with Gasteiger partial charge in [-0.3, -0.25) is 14.9 Å². The Morgan fingerprint density at radius 3 is 2.39 bits per heavy atom. The van der Waals surface area contributed by atoms with Crippen molar-refractivity contribution >= 4 is 29.2 Å². The van der Waals surface area contributed by atoms with Crippen LogP contribution < -0.4 is 5.32 Å². The molecule has 0 radical (unpaired) electrons. The van der Waals surface area contributed by atoms with Crippen molar-refractivity contribution in [1.29, 1.82) is 0 Å². The summed E-state index contributed by atoms with van der Waals surface area (Å²) in [6.07, 6.45) is -5.05. The summed E-state index contributed by atoms with van der Waals surface area (Å²) in [5.74, 6) is -3.04. The Balaban J connectivity index is 2.88. The molecule has 1 rings (SSSR count). The first kappa shape index (κ1) is 22.6. The van der Waals surface area contributed by atoms with Crippen molar-refractivity contribution in [1.82, 2.24) is 0 Å². The Kier molecular flexibility index (Phi) is 7.65. The number of esters is 2. The van der Waals surface area contributed by atoms with Gasteiger partial charge in [-0.1, -0.05) is 0 Å². The second-order valence-electron chi connectivity index (χ2n) is 5.14. The molecule has 1 aromatic rings. The number of nitrogens with one attached hydrogen (secondary N) is 1. The maximum absolute atomic E-state index is 13.1. The highest BCUT2D eigenvalue weighted by Gasteiger charge is 2.36. The van der Waals surface area contributed by atoms with E-state index in [4.69, 9.17) is 0 Å². The van der Waals surface area contributed by atoms with Crippen molar-refractivity contribution in [2.75, 3.05) is 11.9 Å². The van der Waals surface area contributed by atoms with Crippen LogP contribution in [-0.4, -0.2) is 35.5 Å². The van der Waals surface area contributed by atoms with E-state index in [0.717, 1.165) is 19.1 Å². The van der Waals surface area contributed by atoms with E-state index >= 15 is 0 Å². The van der Waals surface area contributed by atoms with Gasteiger partial charge < -0.3 is 14.8 Å². The Bertz CT molecular complexity index is 806. The summed E-state index contributed by atoms with van der Waals surface area (Å²) in [5, 5.41) is 12.5. The van der Waals surface area contributed by atoms with Crippen LogP contribution in [0.1, 0.15) is 19.4 Å². The number of rotatable bonds is 7. The first-order chi connectivity index (χ1) is 13.0. The monoisotopic (exact) mass is 404 g/mol. The minimum Gasteiger partial charge on any atom is -0.463 e. The number of non-ortho nitro benzene ring substituents is 1. The maximum Gasteiger partial charge on any atom is 0.418 e. The van der Waals surface area contributed by atoms with Gasteiger partial charge >= 0.3 is 18.1 Å². The molecule has 0 unspecified atom stereocenters. The highest BCUT2D eigenvalue weighted by atomic mass is 19.4. The summed E-state index contributed by atoms with van der Waals surface area (Å²) in [6.45, 7) is 2.71. The average molecular weight is 404 g/mol. The summed E-state index contributed by atoms with van der Waals surface area (Å²) in [4.78, 5) is 44.2. The fourth-order valence-electron chi connectivity index (χ4n) is 1.82. The van der Waals surface area contributed by atoms with Gasteiger partial charge in [-0.2, -0.15) is 13.2 Å². The van der Waals surface area contributed by atoms with E-state index in [9.17, 15) is 37.7 Å². The van der Waals surface area contributed by atoms with Crippen LogP contribution in [0.4, 0.5) is 24.5 Å². The van der Waals surface area contributed by atoms with Gasteiger partial charge in [0.25, 0.3) is 11.6 Å². The van der Waals surface area contributed by atoms with Crippen molar-refractivity contribution in [2.24, 2.45) is 0 Å². The van der Waals surface area contributed by atoms with Gasteiger partial charge in [0, 0.05) is 24.3 Å². The molecule has 0 bridgehead atoms. The molecule has 0 saturated heterocycles. The van der Waals surface area contributed by atoms with Crippen LogP contribution in [0.3, 0.4) is 0 Å². The van der Waals surface area contributed by atoms with Crippen LogP contribution in [0.25, 0.3) is 0 Å². The van der Waals surface area contributed by atoms with Crippen molar-refractivity contribution in [3.63, 3.8) is 0 Å². The lowest BCUT2D eigenvalue weighted by atomic mass is 10.1. The standard InChI is InChI=1S/C16H15F3N2O7/c1-3-27-13(22)6-7-14(23)28-9(2)15(24)20-12-5-4-10(21(25)26)8-11(12)16(17,18)19/h4-9H,3H2,1-2H3,(H,20,24)/b7-6+/t9-/m1/s1. The molecule has 1 amide bonds. The molecule has 0 aromatic heterocycles. The van der Waals surface area contributed by atoms with Crippen molar-refractivity contribution in [2.45, 2.75) is 26.1 Å². The fraction of sp³-hybridized carbons (Fsp3) is 0.312. The molecular formula is C16H15F3N2O7. The highest BCUT2D eigenvalue weighted by Crippen LogP contribution is 2.37. The number of benzene rings is 1. The van der Waals surface area contributed by atoms with E-state index in [-0.39, 0.29) is 12.7 Å². The molecule has 9 nitrogen and oxygen atoms in total. The number of nitro groups is 1. The topological polar surface area (TPSA) is 125 Å². The summed E-state index contributed by atoms with van der Waals surface area (Å²) >= 11 is 0. The van der Waals surface area contributed by atoms with E-state index in [1.165, 1.54) is 0 Å². The number of amides is 1. The number of hydrogen-bond acceptors (Lipinski definition) is 7. The largest absolute Gasteiger partial charge is 0.463 e. The van der Waals surface area contributed by atoms with E-state index in [0.29, 0.717) is 12.1 Å². The molecule has 1 aromatic carbocycles. The third-order valence-electron chi connectivity index (χ3n) is 3.08. The van der Waals surface area contributed by atoms with Crippen LogP contribution in [0.5, 0.6) is 0 Å². The molecule has 28 heavy (non-hydrogen) atoms. The predicted molar refractivity (Wildman–Crippen MR) is 88.1 cm³/mol. The zero-order valence-electron chi connectivity index (χ0n) is 14.6. The van der Waals surface area contributed by atoms with Gasteiger partial charge in [0.1, 0.15) is 0 Å². The predicted octanol–water partition coefficient (Wildman–Crippen LogP) is 2.60. The van der Waals surface area contributed by atoms with E-state index < -0.39 is 52.0 Å². The molecule has 152 valence electrons. The lowest BCUT2D eigenvalue weighted by Crippen LogP contribution is -2.30. The Labute approximate surface area is 156 Å². The van der Waals surface area contributed by atoms with Crippen molar-refractivity contribution < 1.29 is 42.0 Å². The van der Waals surface area contributed by atoms with Crippen LogP contribution in [-0.2, 0) is 30.0 Å². The number of alkyl halides is 3. The molecule has 0 aliphatic carbocycles. The van der Waals surface area contributed by atoms with Gasteiger partial charge in [-0.25, -0.2) is 9.59 Å². The van der Waals surface area contributed by atoms with Gasteiger partial charge in [0.2, 0.25) is 0 Å². The number of carbonyl (C=O) groups is 3. The SMILES string of the molecule is CCOC(=O)/C=C/C(=O)O[C@H](C)C(=O)Nc1ccc([N+](=O)[O-])cc1C(F)(F)F. The number of halogens is 3. The smallest absolute Gasteiger partial charge is 0.418 e. The maximum atomic E-state index is 13.1. The molecule has 0 aliphatic rings. The van der Waals surface area contributed by atoms with E-state index in [2.05, 4.69) is 9.47 Å². The second kappa shape index (κ2) is 9.48. The van der Waals surface area contributed by atoms with Gasteiger partial charge in [0.15, 0.2) is 6.10 Å². The Morgan fingerprint density at radius 2 is 1.86 bits per heavy atom. The summed E-state index contributed by atoms with van der Waals surface area (Å²) < 4.78 is 48.4. The van der Waals surface area contributed by atoms with Gasteiger partial charge in [-0.15, -0.1) is 0 Å². The van der Waals surface area contributed by atoms with E-state index in [1.807, 2.05) is 5.32 Å². The summed E-state index contributed by atoms with van der Waals surface area (Å²) in [5.41, 5.74) is -2.99. The quantitative estimate of drug-likeness (QED) is 0.320. The molecule has 1 atom stereocenters. The summed E-state index contributed by atoms with van der Waals surface area (Å²) in [6, 6.07) is 1.77. The minimum absolute atomic E-state index is 0.0772. The van der Waals surface area contributed by atoms with Crippen LogP contribution >= 0.6 is 0 Å². The van der Waals surface area contributed by atoms with E-state index in [1.54, 1.807) is 6.92 Å². The lowest BCUT2D eigenvalue weighted by Gasteiger charge is -2.16. The zero-order valence-corrected chi connectivity index (χ0v) is 14.6. The summed E-state index contributed by atoms with van der Waals surface area (Å²) in [7, 11) is 0. The molecular weight excluding hydrogens is 389 g/mol. The molecule has 0 heterocycles. The molecule has 1 N–H and O–H groups in total. The lowest BCUT2D eigenvalue weighted by molar-refractivity contribution is -0.385. The molecule has 0 saturated carbocycles. The average Bonchev–Trinajstić information content (AvgIpc) is 2.59.